The maximum absolute atomic E-state index is 12.0. The number of esters is 1. The fraction of sp³-hybridized carbons (Fsp3) is 0.278. The van der Waals surface area contributed by atoms with Gasteiger partial charge in [-0.1, -0.05) is 39.7 Å². The first-order valence-electron chi connectivity index (χ1n) is 7.17. The van der Waals surface area contributed by atoms with Crippen molar-refractivity contribution in [1.29, 1.82) is 0 Å². The monoisotopic (exact) mass is 362 g/mol. The Morgan fingerprint density at radius 3 is 2.64 bits per heavy atom. The molecule has 0 saturated carbocycles. The number of carbonyl (C=O) groups excluding carboxylic acids is 1. The zero-order valence-corrected chi connectivity index (χ0v) is 14.6. The van der Waals surface area contributed by atoms with E-state index in [1.165, 1.54) is 5.56 Å². The van der Waals surface area contributed by atoms with Crippen molar-refractivity contribution in [3.8, 4) is 5.75 Å². The van der Waals surface area contributed by atoms with E-state index < -0.39 is 0 Å². The summed E-state index contributed by atoms with van der Waals surface area (Å²) in [4.78, 5) is 12.0. The third kappa shape index (κ3) is 3.89. The first kappa shape index (κ1) is 16.6. The van der Waals surface area contributed by atoms with Gasteiger partial charge in [-0.3, -0.25) is 0 Å². The van der Waals surface area contributed by atoms with E-state index in [-0.39, 0.29) is 5.97 Å². The summed E-state index contributed by atoms with van der Waals surface area (Å²) in [6.45, 7) is 6.50. The summed E-state index contributed by atoms with van der Waals surface area (Å²) in [7, 11) is 0. The molecule has 0 radical (unpaired) electrons. The van der Waals surface area contributed by atoms with Crippen molar-refractivity contribution in [2.45, 2.75) is 27.4 Å². The Hall–Kier alpha value is -1.81. The predicted molar refractivity (Wildman–Crippen MR) is 90.3 cm³/mol. The number of carbonyl (C=O) groups is 1. The molecule has 0 unspecified atom stereocenters. The molecule has 0 heterocycles. The van der Waals surface area contributed by atoms with Crippen molar-refractivity contribution < 1.29 is 14.3 Å². The van der Waals surface area contributed by atoms with Crippen LogP contribution in [0.2, 0.25) is 0 Å². The number of hydrogen-bond acceptors (Lipinski definition) is 3. The van der Waals surface area contributed by atoms with Crippen LogP contribution in [-0.4, -0.2) is 12.6 Å². The fourth-order valence-electron chi connectivity index (χ4n) is 2.22. The third-order valence-electron chi connectivity index (χ3n) is 3.32. The Morgan fingerprint density at radius 2 is 1.95 bits per heavy atom. The second kappa shape index (κ2) is 7.45. The highest BCUT2D eigenvalue weighted by Gasteiger charge is 2.15. The van der Waals surface area contributed by atoms with E-state index in [2.05, 4.69) is 22.0 Å². The average molecular weight is 363 g/mol. The van der Waals surface area contributed by atoms with Gasteiger partial charge in [0, 0.05) is 10.0 Å². The van der Waals surface area contributed by atoms with Crippen LogP contribution < -0.4 is 4.74 Å². The highest BCUT2D eigenvalue weighted by Crippen LogP contribution is 2.25. The van der Waals surface area contributed by atoms with E-state index in [1.807, 2.05) is 38.1 Å². The lowest BCUT2D eigenvalue weighted by Crippen LogP contribution is -2.10. The molecule has 4 heteroatoms. The second-order valence-corrected chi connectivity index (χ2v) is 5.90. The molecular weight excluding hydrogens is 344 g/mol. The van der Waals surface area contributed by atoms with Gasteiger partial charge in [0.2, 0.25) is 0 Å². The number of ether oxygens (including phenoxy) is 2. The van der Waals surface area contributed by atoms with Crippen molar-refractivity contribution in [2.75, 3.05) is 6.61 Å². The van der Waals surface area contributed by atoms with Gasteiger partial charge in [0.05, 0.1) is 12.2 Å². The summed E-state index contributed by atoms with van der Waals surface area (Å²) in [6.07, 6.45) is 0. The van der Waals surface area contributed by atoms with Crippen LogP contribution in [0.4, 0.5) is 0 Å². The third-order valence-corrected chi connectivity index (χ3v) is 4.06. The summed E-state index contributed by atoms with van der Waals surface area (Å²) in [5.74, 6) is 0.485. The molecule has 22 heavy (non-hydrogen) atoms. The molecule has 2 aromatic rings. The van der Waals surface area contributed by atoms with E-state index >= 15 is 0 Å². The van der Waals surface area contributed by atoms with E-state index in [0.717, 1.165) is 21.3 Å². The number of hydrogen-bond donors (Lipinski definition) is 0. The van der Waals surface area contributed by atoms with Gasteiger partial charge in [-0.05, 0) is 44.5 Å². The second-order valence-electron chi connectivity index (χ2n) is 5.04. The molecule has 2 rings (SSSR count). The van der Waals surface area contributed by atoms with Gasteiger partial charge >= 0.3 is 5.97 Å². The van der Waals surface area contributed by atoms with Gasteiger partial charge in [-0.2, -0.15) is 0 Å². The first-order valence-corrected chi connectivity index (χ1v) is 7.96. The Balaban J connectivity index is 2.23. The van der Waals surface area contributed by atoms with Crippen LogP contribution in [0.15, 0.2) is 40.9 Å². The molecule has 3 nitrogen and oxygen atoms in total. The molecule has 0 amide bonds. The lowest BCUT2D eigenvalue weighted by Gasteiger charge is -2.14. The fourth-order valence-corrected chi connectivity index (χ4v) is 2.70. The van der Waals surface area contributed by atoms with Crippen molar-refractivity contribution >= 4 is 21.9 Å². The Bertz CT molecular complexity index is 680. The van der Waals surface area contributed by atoms with Crippen LogP contribution in [0.5, 0.6) is 5.75 Å². The Morgan fingerprint density at radius 1 is 1.18 bits per heavy atom. The Kier molecular flexibility index (Phi) is 5.61. The van der Waals surface area contributed by atoms with Crippen molar-refractivity contribution in [3.05, 3.63) is 63.1 Å². The van der Waals surface area contributed by atoms with E-state index in [4.69, 9.17) is 9.47 Å². The number of rotatable bonds is 5. The predicted octanol–water partition coefficient (Wildman–Crippen LogP) is 4.82. The highest BCUT2D eigenvalue weighted by atomic mass is 79.9. The minimum absolute atomic E-state index is 0.305. The minimum Gasteiger partial charge on any atom is -0.489 e. The van der Waals surface area contributed by atoms with Gasteiger partial charge in [0.25, 0.3) is 0 Å². The highest BCUT2D eigenvalue weighted by molar-refractivity contribution is 9.10. The molecule has 0 saturated heterocycles. The van der Waals surface area contributed by atoms with Crippen LogP contribution in [0, 0.1) is 13.8 Å². The zero-order chi connectivity index (χ0) is 16.1. The normalized spacial score (nSPS) is 10.4. The van der Waals surface area contributed by atoms with Crippen LogP contribution in [0.3, 0.4) is 0 Å². The van der Waals surface area contributed by atoms with E-state index in [0.29, 0.717) is 18.8 Å². The van der Waals surface area contributed by atoms with Gasteiger partial charge in [0.15, 0.2) is 0 Å². The minimum atomic E-state index is -0.331. The maximum Gasteiger partial charge on any atom is 0.338 e. The molecule has 0 fully saturated rings. The van der Waals surface area contributed by atoms with Gasteiger partial charge in [0.1, 0.15) is 12.4 Å². The Labute approximate surface area is 139 Å². The number of aryl methyl sites for hydroxylation is 2. The van der Waals surface area contributed by atoms with E-state index in [9.17, 15) is 4.79 Å². The number of halogens is 1. The lowest BCUT2D eigenvalue weighted by molar-refractivity contribution is 0.0523. The molecule has 0 bridgehead atoms. The standard InChI is InChI=1S/C18H19BrO3/c1-4-21-18(20)14-6-5-7-16(19)15(14)11-22-17-9-8-12(2)10-13(17)3/h5-10H,4,11H2,1-3H3. The van der Waals surface area contributed by atoms with Crippen LogP contribution in [-0.2, 0) is 11.3 Å². The van der Waals surface area contributed by atoms with Crippen LogP contribution >= 0.6 is 15.9 Å². The largest absolute Gasteiger partial charge is 0.489 e. The van der Waals surface area contributed by atoms with Crippen LogP contribution in [0.25, 0.3) is 0 Å². The summed E-state index contributed by atoms with van der Waals surface area (Å²) in [5.41, 5.74) is 3.59. The summed E-state index contributed by atoms with van der Waals surface area (Å²) >= 11 is 3.48. The van der Waals surface area contributed by atoms with Crippen molar-refractivity contribution in [2.24, 2.45) is 0 Å². The smallest absolute Gasteiger partial charge is 0.338 e. The number of benzene rings is 2. The molecule has 116 valence electrons. The van der Waals surface area contributed by atoms with Crippen molar-refractivity contribution in [1.82, 2.24) is 0 Å². The molecular formula is C18H19BrO3. The average Bonchev–Trinajstić information content (AvgIpc) is 2.47. The molecule has 0 atom stereocenters. The SMILES string of the molecule is CCOC(=O)c1cccc(Br)c1COc1ccc(C)cc1C. The molecule has 0 aliphatic heterocycles. The lowest BCUT2D eigenvalue weighted by atomic mass is 10.1. The zero-order valence-electron chi connectivity index (χ0n) is 13.0. The molecule has 0 spiro atoms. The molecule has 0 aliphatic carbocycles. The quantitative estimate of drug-likeness (QED) is 0.715. The molecule has 2 aromatic carbocycles. The first-order chi connectivity index (χ1) is 10.5. The molecule has 0 aliphatic rings. The summed E-state index contributed by atoms with van der Waals surface area (Å²) in [5, 5.41) is 0. The summed E-state index contributed by atoms with van der Waals surface area (Å²) in [6, 6.07) is 11.5. The van der Waals surface area contributed by atoms with Gasteiger partial charge < -0.3 is 9.47 Å². The molecule has 0 N–H and O–H groups in total. The van der Waals surface area contributed by atoms with Crippen molar-refractivity contribution in [3.63, 3.8) is 0 Å². The van der Waals surface area contributed by atoms with Gasteiger partial charge in [-0.15, -0.1) is 0 Å². The van der Waals surface area contributed by atoms with Gasteiger partial charge in [-0.25, -0.2) is 4.79 Å². The topological polar surface area (TPSA) is 35.5 Å². The van der Waals surface area contributed by atoms with E-state index in [1.54, 1.807) is 13.0 Å². The maximum atomic E-state index is 12.0. The summed E-state index contributed by atoms with van der Waals surface area (Å²) < 4.78 is 11.8. The molecule has 0 aromatic heterocycles. The van der Waals surface area contributed by atoms with Crippen LogP contribution in [0.1, 0.15) is 34.0 Å².